The number of hydrogen-bond acceptors (Lipinski definition) is 4. The van der Waals surface area contributed by atoms with Gasteiger partial charge < -0.3 is 9.88 Å². The zero-order valence-corrected chi connectivity index (χ0v) is 23.5. The zero-order valence-electron chi connectivity index (χ0n) is 22.7. The van der Waals surface area contributed by atoms with Gasteiger partial charge in [0.15, 0.2) is 0 Å². The third-order valence-corrected chi connectivity index (χ3v) is 10.6. The Morgan fingerprint density at radius 2 is 1.79 bits per heavy atom. The van der Waals surface area contributed by atoms with E-state index in [0.717, 1.165) is 43.3 Å². The van der Waals surface area contributed by atoms with Crippen molar-refractivity contribution in [3.05, 3.63) is 65.7 Å². The summed E-state index contributed by atoms with van der Waals surface area (Å²) >= 11 is 0. The Kier molecular flexibility index (Phi) is 7.85. The molecule has 3 aliphatic rings. The van der Waals surface area contributed by atoms with Crippen molar-refractivity contribution in [1.82, 2.24) is 19.8 Å². The summed E-state index contributed by atoms with van der Waals surface area (Å²) in [7, 11) is -0.804. The standard InChI is InChI=1S/C31H39FN4O2S/c1-2-30-33-28-8-3-4-9-29(28)36(30)26-19-24-10-11-25(20-26)35(24)15-12-27(22-6-5-7-23(32)18-22)34-31(37)21-13-16-39(38)17-14-21/h3-9,18,21,24-27H,2,10-17,19-20H2,1H3,(H,34,37)/t21?,24-,25+,26?,27?,39?. The number of imidazole rings is 1. The lowest BCUT2D eigenvalue weighted by Crippen LogP contribution is -2.45. The number of piperidine rings is 1. The number of aryl methyl sites for hydroxylation is 1. The Hall–Kier alpha value is -2.58. The Balaban J connectivity index is 1.16. The van der Waals surface area contributed by atoms with Gasteiger partial charge in [0.2, 0.25) is 5.91 Å². The van der Waals surface area contributed by atoms with E-state index in [9.17, 15) is 13.4 Å². The first-order valence-electron chi connectivity index (χ1n) is 14.6. The van der Waals surface area contributed by atoms with Gasteiger partial charge in [-0.15, -0.1) is 0 Å². The van der Waals surface area contributed by atoms with Crippen LogP contribution in [0.25, 0.3) is 11.0 Å². The number of hydrogen-bond donors (Lipinski definition) is 1. The molecule has 0 saturated carbocycles. The molecule has 0 spiro atoms. The van der Waals surface area contributed by atoms with E-state index in [-0.39, 0.29) is 23.7 Å². The number of nitrogens with zero attached hydrogens (tertiary/aromatic N) is 3. The van der Waals surface area contributed by atoms with Crippen molar-refractivity contribution in [1.29, 1.82) is 0 Å². The maximum atomic E-state index is 14.2. The lowest BCUT2D eigenvalue weighted by molar-refractivity contribution is -0.126. The van der Waals surface area contributed by atoms with Gasteiger partial charge >= 0.3 is 0 Å². The van der Waals surface area contributed by atoms with Gasteiger partial charge in [0.1, 0.15) is 11.6 Å². The van der Waals surface area contributed by atoms with Crippen LogP contribution >= 0.6 is 0 Å². The average Bonchev–Trinajstić information content (AvgIpc) is 3.44. The second-order valence-corrected chi connectivity index (χ2v) is 13.2. The van der Waals surface area contributed by atoms with Crippen LogP contribution in [-0.4, -0.2) is 54.7 Å². The van der Waals surface area contributed by atoms with Crippen molar-refractivity contribution in [2.75, 3.05) is 18.1 Å². The second-order valence-electron chi connectivity index (χ2n) is 11.5. The fourth-order valence-corrected chi connectivity index (χ4v) is 8.54. The lowest BCUT2D eigenvalue weighted by Gasteiger charge is -2.40. The van der Waals surface area contributed by atoms with Crippen molar-refractivity contribution in [2.45, 2.75) is 82.5 Å². The number of carbonyl (C=O) groups is 1. The first-order valence-corrected chi connectivity index (χ1v) is 16.1. The molecule has 2 bridgehead atoms. The minimum Gasteiger partial charge on any atom is -0.349 e. The first-order chi connectivity index (χ1) is 19.0. The number of rotatable bonds is 8. The minimum absolute atomic E-state index is 0.0155. The van der Waals surface area contributed by atoms with Crippen LogP contribution in [0.15, 0.2) is 48.5 Å². The average molecular weight is 551 g/mol. The number of benzene rings is 2. The highest BCUT2D eigenvalue weighted by molar-refractivity contribution is 7.85. The molecule has 6 nitrogen and oxygen atoms in total. The SMILES string of the molecule is CCc1nc2ccccc2n1C1C[C@H]2CC[C@@H](C1)N2CCC(NC(=O)C1CCS(=O)CC1)c1cccc(F)c1. The van der Waals surface area contributed by atoms with Gasteiger partial charge in [-0.05, 0) is 74.8 Å². The summed E-state index contributed by atoms with van der Waals surface area (Å²) in [5, 5.41) is 3.26. The van der Waals surface area contributed by atoms with Gasteiger partial charge in [-0.25, -0.2) is 9.37 Å². The van der Waals surface area contributed by atoms with Crippen LogP contribution in [-0.2, 0) is 22.0 Å². The number of carbonyl (C=O) groups excluding carboxylic acids is 1. The highest BCUT2D eigenvalue weighted by Crippen LogP contribution is 2.43. The van der Waals surface area contributed by atoms with E-state index in [4.69, 9.17) is 4.98 Å². The van der Waals surface area contributed by atoms with Crippen molar-refractivity contribution in [3.8, 4) is 0 Å². The summed E-state index contributed by atoms with van der Waals surface area (Å²) in [5.74, 6) is 1.99. The summed E-state index contributed by atoms with van der Waals surface area (Å²) < 4.78 is 28.5. The van der Waals surface area contributed by atoms with E-state index < -0.39 is 10.8 Å². The van der Waals surface area contributed by atoms with E-state index in [1.165, 1.54) is 30.2 Å². The molecule has 2 unspecified atom stereocenters. The molecule has 1 N–H and O–H groups in total. The van der Waals surface area contributed by atoms with Crippen molar-refractivity contribution < 1.29 is 13.4 Å². The molecular weight excluding hydrogens is 511 g/mol. The van der Waals surface area contributed by atoms with Crippen LogP contribution in [0.5, 0.6) is 0 Å². The minimum atomic E-state index is -0.804. The molecule has 3 saturated heterocycles. The Morgan fingerprint density at radius 1 is 1.05 bits per heavy atom. The van der Waals surface area contributed by atoms with E-state index in [0.29, 0.717) is 42.5 Å². The van der Waals surface area contributed by atoms with Gasteiger partial charge in [-0.1, -0.05) is 31.2 Å². The Bertz CT molecular complexity index is 1340. The molecule has 4 atom stereocenters. The van der Waals surface area contributed by atoms with Crippen LogP contribution < -0.4 is 5.32 Å². The highest BCUT2D eigenvalue weighted by Gasteiger charge is 2.42. The van der Waals surface area contributed by atoms with E-state index in [2.05, 4.69) is 46.0 Å². The molecule has 8 heteroatoms. The molecule has 6 rings (SSSR count). The van der Waals surface area contributed by atoms with E-state index >= 15 is 0 Å². The van der Waals surface area contributed by atoms with Crippen molar-refractivity contribution in [3.63, 3.8) is 0 Å². The highest BCUT2D eigenvalue weighted by atomic mass is 32.2. The fraction of sp³-hybridized carbons (Fsp3) is 0.548. The summed E-state index contributed by atoms with van der Waals surface area (Å²) in [6.45, 7) is 3.07. The van der Waals surface area contributed by atoms with Gasteiger partial charge in [-0.3, -0.25) is 13.9 Å². The molecule has 0 radical (unpaired) electrons. The lowest BCUT2D eigenvalue weighted by atomic mass is 9.94. The Labute approximate surface area is 232 Å². The van der Waals surface area contributed by atoms with Gasteiger partial charge in [0.25, 0.3) is 0 Å². The molecule has 1 aromatic heterocycles. The third kappa shape index (κ3) is 5.55. The molecule has 208 valence electrons. The van der Waals surface area contributed by atoms with Gasteiger partial charge in [0, 0.05) is 59.3 Å². The quantitative estimate of drug-likeness (QED) is 0.413. The molecule has 1 amide bonds. The monoisotopic (exact) mass is 550 g/mol. The topological polar surface area (TPSA) is 67.2 Å². The molecule has 2 aromatic carbocycles. The number of fused-ring (bicyclic) bond motifs is 3. The van der Waals surface area contributed by atoms with Crippen LogP contribution in [0.2, 0.25) is 0 Å². The summed E-state index contributed by atoms with van der Waals surface area (Å²) in [5.41, 5.74) is 3.15. The fourth-order valence-electron chi connectivity index (χ4n) is 7.24. The number of amides is 1. The maximum absolute atomic E-state index is 14.2. The maximum Gasteiger partial charge on any atom is 0.223 e. The number of aromatic nitrogens is 2. The summed E-state index contributed by atoms with van der Waals surface area (Å²) in [6, 6.07) is 16.4. The summed E-state index contributed by atoms with van der Waals surface area (Å²) in [6.07, 6.45) is 7.62. The molecule has 3 aliphatic heterocycles. The van der Waals surface area contributed by atoms with Crippen molar-refractivity contribution in [2.24, 2.45) is 5.92 Å². The molecule has 3 aromatic rings. The summed E-state index contributed by atoms with van der Waals surface area (Å²) in [4.78, 5) is 20.8. The Morgan fingerprint density at radius 3 is 2.51 bits per heavy atom. The third-order valence-electron chi connectivity index (χ3n) is 9.21. The predicted octanol–water partition coefficient (Wildman–Crippen LogP) is 5.31. The van der Waals surface area contributed by atoms with Crippen molar-refractivity contribution >= 4 is 27.7 Å². The van der Waals surface area contributed by atoms with E-state index in [1.54, 1.807) is 12.1 Å². The normalized spacial score (nSPS) is 28.0. The number of halogens is 1. The largest absolute Gasteiger partial charge is 0.349 e. The first kappa shape index (κ1) is 26.6. The zero-order chi connectivity index (χ0) is 26.9. The van der Waals surface area contributed by atoms with Crippen LogP contribution in [0.3, 0.4) is 0 Å². The number of nitrogens with one attached hydrogen (secondary N) is 1. The molecule has 39 heavy (non-hydrogen) atoms. The second kappa shape index (κ2) is 11.5. The van der Waals surface area contributed by atoms with E-state index in [1.807, 2.05) is 6.07 Å². The molecule has 0 aliphatic carbocycles. The number of para-hydroxylation sites is 2. The predicted molar refractivity (Wildman–Crippen MR) is 153 cm³/mol. The molecule has 3 fully saturated rings. The van der Waals surface area contributed by atoms with Crippen LogP contribution in [0, 0.1) is 11.7 Å². The molecule has 4 heterocycles. The van der Waals surface area contributed by atoms with Gasteiger partial charge in [-0.2, -0.15) is 0 Å². The van der Waals surface area contributed by atoms with Gasteiger partial charge in [0.05, 0.1) is 17.1 Å². The van der Waals surface area contributed by atoms with Crippen LogP contribution in [0.1, 0.15) is 75.3 Å². The smallest absolute Gasteiger partial charge is 0.223 e. The molecular formula is C31H39FN4O2S. The van der Waals surface area contributed by atoms with Crippen LogP contribution in [0.4, 0.5) is 4.39 Å².